The number of amides is 1. The molecule has 2 nitrogen and oxygen atoms in total. The van der Waals surface area contributed by atoms with Crippen LogP contribution in [0.3, 0.4) is 0 Å². The van der Waals surface area contributed by atoms with Crippen molar-refractivity contribution >= 4 is 17.7 Å². The van der Waals surface area contributed by atoms with Crippen molar-refractivity contribution in [2.75, 3.05) is 18.1 Å². The van der Waals surface area contributed by atoms with E-state index in [1.54, 1.807) is 0 Å². The summed E-state index contributed by atoms with van der Waals surface area (Å²) in [6.45, 7) is 0.311. The van der Waals surface area contributed by atoms with Gasteiger partial charge in [0.15, 0.2) is 17.5 Å². The van der Waals surface area contributed by atoms with Gasteiger partial charge in [-0.25, -0.2) is 13.2 Å². The van der Waals surface area contributed by atoms with Crippen molar-refractivity contribution in [3.8, 4) is 12.3 Å². The molecule has 0 bridgehead atoms. The molecule has 0 spiro atoms. The summed E-state index contributed by atoms with van der Waals surface area (Å²) in [5, 5.41) is 2.45. The maximum absolute atomic E-state index is 12.9. The molecule has 1 aromatic rings. The molecule has 0 saturated heterocycles. The third-order valence-corrected chi connectivity index (χ3v) is 2.83. The van der Waals surface area contributed by atoms with Gasteiger partial charge >= 0.3 is 0 Å². The Bertz CT molecular complexity index is 462. The molecule has 1 N–H and O–H groups in total. The first-order chi connectivity index (χ1) is 8.56. The molecule has 0 aliphatic rings. The minimum atomic E-state index is -1.59. The fraction of sp³-hybridized carbons (Fsp3) is 0.250. The molecule has 6 heteroatoms. The van der Waals surface area contributed by atoms with Crippen LogP contribution in [-0.2, 0) is 0 Å². The van der Waals surface area contributed by atoms with E-state index in [4.69, 9.17) is 6.42 Å². The smallest absolute Gasteiger partial charge is 0.251 e. The maximum Gasteiger partial charge on any atom is 0.251 e. The van der Waals surface area contributed by atoms with Gasteiger partial charge in [0, 0.05) is 17.9 Å². The van der Waals surface area contributed by atoms with Crippen LogP contribution in [0, 0.1) is 29.8 Å². The number of terminal acetylenes is 1. The van der Waals surface area contributed by atoms with Crippen LogP contribution in [0.4, 0.5) is 13.2 Å². The van der Waals surface area contributed by atoms with Crippen LogP contribution in [0.2, 0.25) is 0 Å². The highest BCUT2D eigenvalue weighted by Gasteiger charge is 2.14. The lowest BCUT2D eigenvalue weighted by atomic mass is 10.2. The van der Waals surface area contributed by atoms with Crippen LogP contribution in [0.5, 0.6) is 0 Å². The van der Waals surface area contributed by atoms with Gasteiger partial charge in [0.1, 0.15) is 0 Å². The summed E-state index contributed by atoms with van der Waals surface area (Å²) < 4.78 is 38.4. The molecule has 0 saturated carbocycles. The average molecular weight is 273 g/mol. The molecule has 0 radical (unpaired) electrons. The highest BCUT2D eigenvalue weighted by molar-refractivity contribution is 7.99. The fourth-order valence-electron chi connectivity index (χ4n) is 1.16. The summed E-state index contributed by atoms with van der Waals surface area (Å²) in [7, 11) is 0. The Morgan fingerprint density at radius 3 is 2.50 bits per heavy atom. The van der Waals surface area contributed by atoms with E-state index in [9.17, 15) is 18.0 Å². The minimum absolute atomic E-state index is 0.256. The number of benzene rings is 1. The summed E-state index contributed by atoms with van der Waals surface area (Å²) in [6, 6.07) is 1.31. The van der Waals surface area contributed by atoms with E-state index in [2.05, 4.69) is 11.2 Å². The number of carbonyl (C=O) groups excluding carboxylic acids is 1. The molecular weight excluding hydrogens is 263 g/mol. The van der Waals surface area contributed by atoms with Crippen molar-refractivity contribution in [1.82, 2.24) is 5.32 Å². The summed E-state index contributed by atoms with van der Waals surface area (Å²) in [5.41, 5.74) is -0.256. The van der Waals surface area contributed by atoms with E-state index < -0.39 is 23.4 Å². The number of hydrogen-bond acceptors (Lipinski definition) is 2. The van der Waals surface area contributed by atoms with Crippen LogP contribution >= 0.6 is 11.8 Å². The zero-order chi connectivity index (χ0) is 13.5. The Morgan fingerprint density at radius 1 is 1.33 bits per heavy atom. The van der Waals surface area contributed by atoms with E-state index in [-0.39, 0.29) is 5.56 Å². The molecule has 0 heterocycles. The van der Waals surface area contributed by atoms with Gasteiger partial charge in [-0.05, 0) is 12.1 Å². The van der Waals surface area contributed by atoms with E-state index in [1.165, 1.54) is 11.8 Å². The quantitative estimate of drug-likeness (QED) is 0.506. The van der Waals surface area contributed by atoms with Gasteiger partial charge in [0.25, 0.3) is 5.91 Å². The highest BCUT2D eigenvalue weighted by Crippen LogP contribution is 2.13. The van der Waals surface area contributed by atoms with Gasteiger partial charge < -0.3 is 5.32 Å². The molecule has 1 aromatic carbocycles. The number of rotatable bonds is 5. The summed E-state index contributed by atoms with van der Waals surface area (Å²) in [6.07, 6.45) is 5.03. The zero-order valence-electron chi connectivity index (χ0n) is 9.30. The van der Waals surface area contributed by atoms with Gasteiger partial charge in [0.05, 0.1) is 5.75 Å². The Kier molecular flexibility index (Phi) is 5.59. The molecule has 0 aliphatic carbocycles. The number of nitrogens with one attached hydrogen (secondary N) is 1. The number of thioether (sulfide) groups is 1. The van der Waals surface area contributed by atoms with Crippen molar-refractivity contribution in [3.05, 3.63) is 35.1 Å². The SMILES string of the molecule is C#CCSCCNC(=O)c1cc(F)c(F)c(F)c1. The topological polar surface area (TPSA) is 29.1 Å². The lowest BCUT2D eigenvalue weighted by molar-refractivity contribution is 0.0955. The Morgan fingerprint density at radius 2 is 1.94 bits per heavy atom. The molecule has 0 atom stereocenters. The number of hydrogen-bond donors (Lipinski definition) is 1. The lowest BCUT2D eigenvalue weighted by Crippen LogP contribution is -2.26. The van der Waals surface area contributed by atoms with Gasteiger partial charge in [-0.15, -0.1) is 18.2 Å². The fourth-order valence-corrected chi connectivity index (χ4v) is 1.67. The third-order valence-electron chi connectivity index (χ3n) is 1.96. The number of carbonyl (C=O) groups is 1. The van der Waals surface area contributed by atoms with Crippen molar-refractivity contribution < 1.29 is 18.0 Å². The normalized spacial score (nSPS) is 9.89. The Hall–Kier alpha value is -1.61. The Balaban J connectivity index is 2.55. The molecule has 0 aliphatic heterocycles. The second-order valence-electron chi connectivity index (χ2n) is 3.27. The largest absolute Gasteiger partial charge is 0.351 e. The summed E-state index contributed by atoms with van der Waals surface area (Å²) in [5.74, 6) is -1.49. The van der Waals surface area contributed by atoms with E-state index >= 15 is 0 Å². The molecular formula is C12H10F3NOS. The van der Waals surface area contributed by atoms with Gasteiger partial charge in [-0.2, -0.15) is 0 Å². The monoisotopic (exact) mass is 273 g/mol. The van der Waals surface area contributed by atoms with Crippen LogP contribution in [0.25, 0.3) is 0 Å². The molecule has 0 unspecified atom stereocenters. The zero-order valence-corrected chi connectivity index (χ0v) is 10.1. The van der Waals surface area contributed by atoms with Gasteiger partial charge in [0.2, 0.25) is 0 Å². The first-order valence-corrected chi connectivity index (χ1v) is 6.15. The Labute approximate surface area is 107 Å². The standard InChI is InChI=1S/C12H10F3NOS/c1-2-4-18-5-3-16-12(17)8-6-9(13)11(15)10(14)7-8/h1,6-7H,3-5H2,(H,16,17). The van der Waals surface area contributed by atoms with E-state index in [0.717, 1.165) is 0 Å². The second kappa shape index (κ2) is 6.97. The average Bonchev–Trinajstić information content (AvgIpc) is 2.34. The van der Waals surface area contributed by atoms with Crippen LogP contribution in [0.15, 0.2) is 12.1 Å². The van der Waals surface area contributed by atoms with Gasteiger partial charge in [-0.3, -0.25) is 4.79 Å². The summed E-state index contributed by atoms with van der Waals surface area (Å²) >= 11 is 1.44. The summed E-state index contributed by atoms with van der Waals surface area (Å²) in [4.78, 5) is 11.5. The minimum Gasteiger partial charge on any atom is -0.351 e. The van der Waals surface area contributed by atoms with E-state index in [0.29, 0.717) is 30.2 Å². The second-order valence-corrected chi connectivity index (χ2v) is 4.37. The van der Waals surface area contributed by atoms with Crippen LogP contribution in [-0.4, -0.2) is 24.0 Å². The van der Waals surface area contributed by atoms with Crippen molar-refractivity contribution in [3.63, 3.8) is 0 Å². The molecule has 1 rings (SSSR count). The molecule has 18 heavy (non-hydrogen) atoms. The highest BCUT2D eigenvalue weighted by atomic mass is 32.2. The van der Waals surface area contributed by atoms with Gasteiger partial charge in [-0.1, -0.05) is 5.92 Å². The molecule has 96 valence electrons. The van der Waals surface area contributed by atoms with Crippen molar-refractivity contribution in [1.29, 1.82) is 0 Å². The van der Waals surface area contributed by atoms with Crippen molar-refractivity contribution in [2.45, 2.75) is 0 Å². The first-order valence-electron chi connectivity index (χ1n) is 5.00. The van der Waals surface area contributed by atoms with Crippen LogP contribution in [0.1, 0.15) is 10.4 Å². The maximum atomic E-state index is 12.9. The van der Waals surface area contributed by atoms with Crippen molar-refractivity contribution in [2.24, 2.45) is 0 Å². The van der Waals surface area contributed by atoms with Crippen LogP contribution < -0.4 is 5.32 Å². The third kappa shape index (κ3) is 4.00. The predicted molar refractivity (Wildman–Crippen MR) is 64.8 cm³/mol. The molecule has 0 fully saturated rings. The molecule has 1 amide bonds. The number of halogens is 3. The van der Waals surface area contributed by atoms with E-state index in [1.807, 2.05) is 0 Å². The lowest BCUT2D eigenvalue weighted by Gasteiger charge is -2.05. The predicted octanol–water partition coefficient (Wildman–Crippen LogP) is 2.20. The molecule has 0 aromatic heterocycles. The first kappa shape index (κ1) is 14.5.